The number of carboxylic acid groups (broad SMARTS) is 1. The molecule has 0 saturated heterocycles. The van der Waals surface area contributed by atoms with E-state index in [4.69, 9.17) is 5.11 Å². The first kappa shape index (κ1) is 19.1. The Labute approximate surface area is 139 Å². The predicted octanol–water partition coefficient (Wildman–Crippen LogP) is 4.72. The molecule has 1 rings (SSSR count). The number of hydrogen-bond donors (Lipinski definition) is 1. The lowest BCUT2D eigenvalue weighted by Crippen LogP contribution is -2.37. The van der Waals surface area contributed by atoms with Gasteiger partial charge in [0.1, 0.15) is 5.78 Å². The number of aliphatic carboxylic acids is 1. The van der Waals surface area contributed by atoms with Crippen LogP contribution in [0.5, 0.6) is 0 Å². The van der Waals surface area contributed by atoms with Crippen LogP contribution in [0.25, 0.3) is 0 Å². The second-order valence-corrected chi connectivity index (χ2v) is 7.12. The number of hydrogen-bond acceptors (Lipinski definition) is 2. The fourth-order valence-electron chi connectivity index (χ4n) is 3.05. The van der Waals surface area contributed by atoms with Gasteiger partial charge >= 0.3 is 5.97 Å². The van der Waals surface area contributed by atoms with E-state index in [1.807, 2.05) is 26.0 Å². The number of carbonyl (C=O) groups is 2. The van der Waals surface area contributed by atoms with E-state index in [9.17, 15) is 9.59 Å². The minimum absolute atomic E-state index is 0.0686. The summed E-state index contributed by atoms with van der Waals surface area (Å²) in [6, 6.07) is 0. The molecule has 1 aliphatic carbocycles. The summed E-state index contributed by atoms with van der Waals surface area (Å²) < 4.78 is 0. The summed E-state index contributed by atoms with van der Waals surface area (Å²) in [5.41, 5.74) is 1.91. The van der Waals surface area contributed by atoms with E-state index in [0.717, 1.165) is 12.0 Å². The fourth-order valence-corrected chi connectivity index (χ4v) is 3.05. The highest BCUT2D eigenvalue weighted by Gasteiger charge is 2.39. The summed E-state index contributed by atoms with van der Waals surface area (Å²) >= 11 is 0. The second kappa shape index (κ2) is 8.09. The van der Waals surface area contributed by atoms with Crippen LogP contribution in [0.15, 0.2) is 47.6 Å². The highest BCUT2D eigenvalue weighted by Crippen LogP contribution is 2.43. The van der Waals surface area contributed by atoms with Gasteiger partial charge in [0.25, 0.3) is 0 Å². The van der Waals surface area contributed by atoms with Crippen molar-refractivity contribution in [3.63, 3.8) is 0 Å². The summed E-state index contributed by atoms with van der Waals surface area (Å²) in [7, 11) is 0. The summed E-state index contributed by atoms with van der Waals surface area (Å²) in [4.78, 5) is 22.5. The van der Waals surface area contributed by atoms with Gasteiger partial charge in [-0.15, -0.1) is 0 Å². The molecule has 0 amide bonds. The first-order valence-corrected chi connectivity index (χ1v) is 8.10. The van der Waals surface area contributed by atoms with E-state index in [2.05, 4.69) is 26.0 Å². The van der Waals surface area contributed by atoms with Gasteiger partial charge in [0, 0.05) is 18.4 Å². The Balaban J connectivity index is 2.78. The second-order valence-electron chi connectivity index (χ2n) is 7.12. The molecule has 0 aromatic heterocycles. The Kier molecular flexibility index (Phi) is 6.74. The van der Waals surface area contributed by atoms with Crippen LogP contribution in [0.3, 0.4) is 0 Å². The monoisotopic (exact) mass is 316 g/mol. The van der Waals surface area contributed by atoms with Crippen LogP contribution >= 0.6 is 0 Å². The molecule has 0 radical (unpaired) electrons. The first-order valence-electron chi connectivity index (χ1n) is 8.10. The molecule has 0 aliphatic heterocycles. The molecule has 1 fully saturated rings. The van der Waals surface area contributed by atoms with E-state index >= 15 is 0 Å². The Hall–Kier alpha value is -1.90. The van der Waals surface area contributed by atoms with Crippen LogP contribution in [0, 0.1) is 17.3 Å². The van der Waals surface area contributed by atoms with Crippen molar-refractivity contribution in [2.75, 3.05) is 0 Å². The molecule has 0 heterocycles. The normalized spacial score (nSPS) is 26.2. The Morgan fingerprint density at radius 2 is 1.87 bits per heavy atom. The lowest BCUT2D eigenvalue weighted by Gasteiger charge is -2.40. The topological polar surface area (TPSA) is 54.4 Å². The van der Waals surface area contributed by atoms with E-state index in [0.29, 0.717) is 17.8 Å². The Bertz CT molecular complexity index is 574. The molecule has 1 aliphatic rings. The third kappa shape index (κ3) is 6.01. The number of carbonyl (C=O) groups excluding carboxylic acids is 1. The number of Topliss-reactive ketones (excluding diaryl/α,β-unsaturated/α-hetero) is 1. The average Bonchev–Trinajstić information content (AvgIpc) is 2.42. The Morgan fingerprint density at radius 1 is 1.22 bits per heavy atom. The van der Waals surface area contributed by atoms with Crippen molar-refractivity contribution in [1.29, 1.82) is 0 Å². The van der Waals surface area contributed by atoms with E-state index in [-0.39, 0.29) is 17.3 Å². The van der Waals surface area contributed by atoms with Gasteiger partial charge in [0.2, 0.25) is 0 Å². The largest absolute Gasteiger partial charge is 0.478 e. The van der Waals surface area contributed by atoms with Crippen molar-refractivity contribution >= 4 is 11.8 Å². The van der Waals surface area contributed by atoms with Crippen molar-refractivity contribution in [3.05, 3.63) is 47.6 Å². The number of allylic oxidation sites excluding steroid dienone is 7. The van der Waals surface area contributed by atoms with Crippen LogP contribution in [-0.4, -0.2) is 16.9 Å². The number of carboxylic acids is 1. The van der Waals surface area contributed by atoms with Crippen LogP contribution in [0.1, 0.15) is 47.5 Å². The first-order chi connectivity index (χ1) is 10.6. The zero-order valence-corrected chi connectivity index (χ0v) is 14.8. The molecule has 3 nitrogen and oxygen atoms in total. The Morgan fingerprint density at radius 3 is 2.48 bits per heavy atom. The van der Waals surface area contributed by atoms with Gasteiger partial charge in [-0.2, -0.15) is 0 Å². The maximum atomic E-state index is 12.0. The average molecular weight is 316 g/mol. The molecular weight excluding hydrogens is 288 g/mol. The van der Waals surface area contributed by atoms with Gasteiger partial charge in [0.15, 0.2) is 0 Å². The molecule has 2 atom stereocenters. The van der Waals surface area contributed by atoms with Crippen molar-refractivity contribution in [1.82, 2.24) is 0 Å². The summed E-state index contributed by atoms with van der Waals surface area (Å²) in [6.07, 6.45) is 12.6. The smallest absolute Gasteiger partial charge is 0.328 e. The highest BCUT2D eigenvalue weighted by atomic mass is 16.4. The van der Waals surface area contributed by atoms with Crippen LogP contribution in [0.2, 0.25) is 0 Å². The molecule has 3 heteroatoms. The van der Waals surface area contributed by atoms with Crippen molar-refractivity contribution in [2.24, 2.45) is 17.3 Å². The maximum Gasteiger partial charge on any atom is 0.328 e. The maximum absolute atomic E-state index is 12.0. The van der Waals surface area contributed by atoms with Gasteiger partial charge in [-0.3, -0.25) is 4.79 Å². The molecule has 0 bridgehead atoms. The summed E-state index contributed by atoms with van der Waals surface area (Å²) in [5, 5.41) is 8.65. The molecule has 1 N–H and O–H groups in total. The lowest BCUT2D eigenvalue weighted by molar-refractivity contribution is -0.131. The number of rotatable bonds is 5. The molecule has 2 unspecified atom stereocenters. The molecule has 23 heavy (non-hydrogen) atoms. The van der Waals surface area contributed by atoms with Gasteiger partial charge in [-0.1, -0.05) is 56.7 Å². The van der Waals surface area contributed by atoms with E-state index in [1.165, 1.54) is 6.08 Å². The zero-order chi connectivity index (χ0) is 17.6. The molecule has 0 aromatic carbocycles. The summed E-state index contributed by atoms with van der Waals surface area (Å²) in [6.45, 7) is 10.2. The van der Waals surface area contributed by atoms with Gasteiger partial charge in [0.05, 0.1) is 0 Å². The standard InChI is InChI=1S/C20H28O3/c1-14(7-6-8-15(2)13-19(22)23)9-10-17-16(3)18(21)11-12-20(17,4)5/h6-10,13,16-17H,11-12H2,1-5H3,(H,22,23)/b8-6+,10-9+,14-7+,15-13+. The molecule has 0 aromatic rings. The third-order valence-electron chi connectivity index (χ3n) is 4.60. The van der Waals surface area contributed by atoms with Crippen molar-refractivity contribution in [3.8, 4) is 0 Å². The SMILES string of the molecule is CC(/C=C/C1C(C)C(=O)CCC1(C)C)=C\C=C\C(C)=C\C(=O)O. The van der Waals surface area contributed by atoms with Crippen LogP contribution in [0.4, 0.5) is 0 Å². The van der Waals surface area contributed by atoms with Gasteiger partial charge in [-0.05, 0) is 37.2 Å². The fraction of sp³-hybridized carbons (Fsp3) is 0.500. The minimum atomic E-state index is -0.939. The van der Waals surface area contributed by atoms with Crippen molar-refractivity contribution < 1.29 is 14.7 Å². The van der Waals surface area contributed by atoms with Crippen LogP contribution < -0.4 is 0 Å². The summed E-state index contributed by atoms with van der Waals surface area (Å²) in [5.74, 6) is -0.260. The van der Waals surface area contributed by atoms with Gasteiger partial charge < -0.3 is 5.11 Å². The minimum Gasteiger partial charge on any atom is -0.478 e. The van der Waals surface area contributed by atoms with E-state index in [1.54, 1.807) is 13.0 Å². The molecular formula is C20H28O3. The third-order valence-corrected chi connectivity index (χ3v) is 4.60. The van der Waals surface area contributed by atoms with Crippen molar-refractivity contribution in [2.45, 2.75) is 47.5 Å². The highest BCUT2D eigenvalue weighted by molar-refractivity contribution is 5.82. The molecule has 0 spiro atoms. The number of ketones is 1. The molecule has 1 saturated carbocycles. The lowest BCUT2D eigenvalue weighted by atomic mass is 9.63. The van der Waals surface area contributed by atoms with Gasteiger partial charge in [-0.25, -0.2) is 4.79 Å². The predicted molar refractivity (Wildman–Crippen MR) is 94.1 cm³/mol. The molecule has 126 valence electrons. The van der Waals surface area contributed by atoms with E-state index < -0.39 is 5.97 Å². The quantitative estimate of drug-likeness (QED) is 0.590. The zero-order valence-electron chi connectivity index (χ0n) is 14.8. The van der Waals surface area contributed by atoms with Crippen LogP contribution in [-0.2, 0) is 9.59 Å².